The van der Waals surface area contributed by atoms with Crippen LogP contribution < -0.4 is 0 Å². The summed E-state index contributed by atoms with van der Waals surface area (Å²) in [6, 6.07) is 10.5. The normalized spacial score (nSPS) is 11.0. The molecule has 0 aliphatic carbocycles. The highest BCUT2D eigenvalue weighted by Crippen LogP contribution is 2.27. The summed E-state index contributed by atoms with van der Waals surface area (Å²) in [4.78, 5) is 0. The molecule has 0 atom stereocenters. The van der Waals surface area contributed by atoms with Gasteiger partial charge >= 0.3 is 0 Å². The first-order chi connectivity index (χ1) is 10.1. The number of aromatic nitrogens is 3. The van der Waals surface area contributed by atoms with Gasteiger partial charge in [0.1, 0.15) is 5.76 Å². The largest absolute Gasteiger partial charge is 0.469 e. The summed E-state index contributed by atoms with van der Waals surface area (Å²) in [5.74, 6) is 2.59. The maximum atomic E-state index is 5.34. The summed E-state index contributed by atoms with van der Waals surface area (Å²) < 4.78 is 7.35. The van der Waals surface area contributed by atoms with E-state index in [0.717, 1.165) is 28.1 Å². The van der Waals surface area contributed by atoms with Crippen LogP contribution >= 0.6 is 11.8 Å². The zero-order valence-corrected chi connectivity index (χ0v) is 13.1. The third-order valence-corrected chi connectivity index (χ3v) is 4.48. The van der Waals surface area contributed by atoms with Crippen LogP contribution in [0.3, 0.4) is 0 Å². The van der Waals surface area contributed by atoms with Crippen LogP contribution in [-0.4, -0.2) is 14.8 Å². The molecule has 5 heteroatoms. The molecule has 0 aliphatic rings. The number of rotatable bonds is 4. The smallest absolute Gasteiger partial charge is 0.191 e. The van der Waals surface area contributed by atoms with Gasteiger partial charge in [0.05, 0.1) is 11.8 Å². The minimum absolute atomic E-state index is 0.841. The Morgan fingerprint density at radius 3 is 2.76 bits per heavy atom. The van der Waals surface area contributed by atoms with Crippen LogP contribution in [0.1, 0.15) is 16.9 Å². The third kappa shape index (κ3) is 2.88. The average Bonchev–Trinajstić information content (AvgIpc) is 3.03. The fraction of sp³-hybridized carbons (Fsp3) is 0.250. The summed E-state index contributed by atoms with van der Waals surface area (Å²) >= 11 is 1.69. The molecule has 3 rings (SSSR count). The standard InChI is InChI=1S/C16H17N3OS/c1-11-5-4-6-13(9-11)10-21-16-18-17-15(19(16)3)14-7-8-20-12(14)2/h4-9H,10H2,1-3H3. The fourth-order valence-corrected chi connectivity index (χ4v) is 3.10. The number of hydrogen-bond donors (Lipinski definition) is 0. The molecule has 0 amide bonds. The molecular weight excluding hydrogens is 282 g/mol. The van der Waals surface area contributed by atoms with Gasteiger partial charge < -0.3 is 8.98 Å². The van der Waals surface area contributed by atoms with Gasteiger partial charge in [0, 0.05) is 12.8 Å². The second-order valence-corrected chi connectivity index (χ2v) is 5.98. The lowest BCUT2D eigenvalue weighted by atomic mass is 10.2. The summed E-state index contributed by atoms with van der Waals surface area (Å²) in [6.07, 6.45) is 1.68. The maximum Gasteiger partial charge on any atom is 0.191 e. The number of hydrogen-bond acceptors (Lipinski definition) is 4. The minimum Gasteiger partial charge on any atom is -0.469 e. The van der Waals surface area contributed by atoms with Crippen molar-refractivity contribution in [3.63, 3.8) is 0 Å². The molecule has 21 heavy (non-hydrogen) atoms. The van der Waals surface area contributed by atoms with Gasteiger partial charge in [-0.1, -0.05) is 41.6 Å². The Kier molecular flexibility index (Phi) is 3.84. The lowest BCUT2D eigenvalue weighted by Crippen LogP contribution is -1.95. The van der Waals surface area contributed by atoms with Crippen molar-refractivity contribution in [1.29, 1.82) is 0 Å². The Balaban J connectivity index is 1.79. The molecule has 0 fully saturated rings. The lowest BCUT2D eigenvalue weighted by Gasteiger charge is -2.04. The molecule has 0 saturated heterocycles. The first-order valence-electron chi connectivity index (χ1n) is 6.77. The Bertz CT molecular complexity index is 760. The van der Waals surface area contributed by atoms with Crippen molar-refractivity contribution >= 4 is 11.8 Å². The van der Waals surface area contributed by atoms with Crippen LogP contribution in [0.15, 0.2) is 46.2 Å². The highest BCUT2D eigenvalue weighted by molar-refractivity contribution is 7.98. The third-order valence-electron chi connectivity index (χ3n) is 3.39. The van der Waals surface area contributed by atoms with Crippen LogP contribution in [0, 0.1) is 13.8 Å². The van der Waals surface area contributed by atoms with E-state index in [1.54, 1.807) is 18.0 Å². The number of furan rings is 1. The van der Waals surface area contributed by atoms with E-state index < -0.39 is 0 Å². The molecule has 2 heterocycles. The maximum absolute atomic E-state index is 5.34. The summed E-state index contributed by atoms with van der Waals surface area (Å²) in [6.45, 7) is 4.04. The van der Waals surface area contributed by atoms with Gasteiger partial charge in [-0.25, -0.2) is 0 Å². The van der Waals surface area contributed by atoms with Crippen molar-refractivity contribution in [2.24, 2.45) is 7.05 Å². The summed E-state index contributed by atoms with van der Waals surface area (Å²) in [5.41, 5.74) is 3.57. The first kappa shape index (κ1) is 13.9. The van der Waals surface area contributed by atoms with E-state index in [0.29, 0.717) is 0 Å². The van der Waals surface area contributed by atoms with E-state index in [1.165, 1.54) is 11.1 Å². The van der Waals surface area contributed by atoms with Crippen molar-refractivity contribution in [3.8, 4) is 11.4 Å². The minimum atomic E-state index is 0.841. The molecule has 0 bridgehead atoms. The monoisotopic (exact) mass is 299 g/mol. The number of thioether (sulfide) groups is 1. The zero-order chi connectivity index (χ0) is 14.8. The first-order valence-corrected chi connectivity index (χ1v) is 7.76. The second-order valence-electron chi connectivity index (χ2n) is 5.03. The van der Waals surface area contributed by atoms with Crippen molar-refractivity contribution < 1.29 is 4.42 Å². The summed E-state index contributed by atoms with van der Waals surface area (Å²) in [5, 5.41) is 9.47. The SMILES string of the molecule is Cc1cccc(CSc2nnc(-c3ccoc3C)n2C)c1. The van der Waals surface area contributed by atoms with Crippen molar-refractivity contribution in [1.82, 2.24) is 14.8 Å². The molecule has 4 nitrogen and oxygen atoms in total. The highest BCUT2D eigenvalue weighted by atomic mass is 32.2. The number of nitrogens with zero attached hydrogens (tertiary/aromatic N) is 3. The van der Waals surface area contributed by atoms with Gasteiger partial charge in [-0.15, -0.1) is 10.2 Å². The highest BCUT2D eigenvalue weighted by Gasteiger charge is 2.14. The lowest BCUT2D eigenvalue weighted by molar-refractivity contribution is 0.534. The topological polar surface area (TPSA) is 43.9 Å². The predicted octanol–water partition coefficient (Wildman–Crippen LogP) is 3.98. The molecular formula is C16H17N3OS. The van der Waals surface area contributed by atoms with Gasteiger partial charge in [-0.3, -0.25) is 0 Å². The number of aryl methyl sites for hydroxylation is 2. The van der Waals surface area contributed by atoms with Crippen LogP contribution in [0.2, 0.25) is 0 Å². The van der Waals surface area contributed by atoms with Crippen LogP contribution in [0.4, 0.5) is 0 Å². The van der Waals surface area contributed by atoms with Crippen LogP contribution in [-0.2, 0) is 12.8 Å². The van der Waals surface area contributed by atoms with Gasteiger partial charge in [0.2, 0.25) is 0 Å². The van der Waals surface area contributed by atoms with E-state index in [-0.39, 0.29) is 0 Å². The van der Waals surface area contributed by atoms with Gasteiger partial charge in [0.15, 0.2) is 11.0 Å². The Hall–Kier alpha value is -2.01. The predicted molar refractivity (Wildman–Crippen MR) is 84.2 cm³/mol. The average molecular weight is 299 g/mol. The fourth-order valence-electron chi connectivity index (χ4n) is 2.24. The molecule has 108 valence electrons. The van der Waals surface area contributed by atoms with Gasteiger partial charge in [-0.05, 0) is 25.5 Å². The van der Waals surface area contributed by atoms with E-state index in [4.69, 9.17) is 4.42 Å². The van der Waals surface area contributed by atoms with E-state index >= 15 is 0 Å². The molecule has 0 N–H and O–H groups in total. The van der Waals surface area contributed by atoms with Crippen LogP contribution in [0.5, 0.6) is 0 Å². The molecule has 0 radical (unpaired) electrons. The Labute approximate surface area is 128 Å². The molecule has 0 aliphatic heterocycles. The zero-order valence-electron chi connectivity index (χ0n) is 12.3. The van der Waals surface area contributed by atoms with Crippen molar-refractivity contribution in [2.75, 3.05) is 0 Å². The molecule has 2 aromatic heterocycles. The number of benzene rings is 1. The Morgan fingerprint density at radius 1 is 1.19 bits per heavy atom. The van der Waals surface area contributed by atoms with Crippen molar-refractivity contribution in [2.45, 2.75) is 24.8 Å². The van der Waals surface area contributed by atoms with E-state index in [1.807, 2.05) is 24.6 Å². The van der Waals surface area contributed by atoms with Crippen molar-refractivity contribution in [3.05, 3.63) is 53.5 Å². The van der Waals surface area contributed by atoms with Gasteiger partial charge in [0.25, 0.3) is 0 Å². The molecule has 0 saturated carbocycles. The molecule has 0 spiro atoms. The molecule has 3 aromatic rings. The molecule has 1 aromatic carbocycles. The molecule has 0 unspecified atom stereocenters. The quantitative estimate of drug-likeness (QED) is 0.683. The Morgan fingerprint density at radius 2 is 2.05 bits per heavy atom. The van der Waals surface area contributed by atoms with Crippen LogP contribution in [0.25, 0.3) is 11.4 Å². The second kappa shape index (κ2) is 5.77. The van der Waals surface area contributed by atoms with Gasteiger partial charge in [-0.2, -0.15) is 0 Å². The van der Waals surface area contributed by atoms with E-state index in [2.05, 4.69) is 41.4 Å². The van der Waals surface area contributed by atoms with E-state index in [9.17, 15) is 0 Å². The summed E-state index contributed by atoms with van der Waals surface area (Å²) in [7, 11) is 1.99.